The Morgan fingerprint density at radius 1 is 1.21 bits per heavy atom. The van der Waals surface area contributed by atoms with Crippen molar-refractivity contribution in [2.45, 2.75) is 19.4 Å². The van der Waals surface area contributed by atoms with Crippen molar-refractivity contribution in [1.82, 2.24) is 19.5 Å². The Morgan fingerprint density at radius 2 is 2.16 bits per heavy atom. The average Bonchev–Trinajstić information content (AvgIpc) is 2.92. The predicted molar refractivity (Wildman–Crippen MR) is 72.9 cm³/mol. The number of hydrogen-bond acceptors (Lipinski definition) is 3. The zero-order chi connectivity index (χ0) is 13.1. The lowest BCUT2D eigenvalue weighted by molar-refractivity contribution is 0.612. The van der Waals surface area contributed by atoms with Crippen molar-refractivity contribution < 1.29 is 0 Å². The molecule has 3 aromatic rings. The van der Waals surface area contributed by atoms with Crippen LogP contribution in [0.25, 0.3) is 11.0 Å². The highest BCUT2D eigenvalue weighted by molar-refractivity contribution is 5.73. The summed E-state index contributed by atoms with van der Waals surface area (Å²) in [6.07, 6.45) is 6.85. The average molecular weight is 254 g/mol. The molecule has 0 unspecified atom stereocenters. The van der Waals surface area contributed by atoms with Crippen molar-refractivity contribution in [3.05, 3.63) is 59.0 Å². The van der Waals surface area contributed by atoms with E-state index in [9.17, 15) is 4.79 Å². The van der Waals surface area contributed by atoms with Gasteiger partial charge in [0.1, 0.15) is 5.52 Å². The second-order valence-corrected chi connectivity index (χ2v) is 4.41. The molecule has 3 aromatic heterocycles. The topological polar surface area (TPSA) is 63.6 Å². The summed E-state index contributed by atoms with van der Waals surface area (Å²) < 4.78 is 1.64. The molecule has 0 spiro atoms. The lowest BCUT2D eigenvalue weighted by atomic mass is 10.2. The molecule has 3 rings (SSSR count). The summed E-state index contributed by atoms with van der Waals surface area (Å²) in [7, 11) is 0. The van der Waals surface area contributed by atoms with Gasteiger partial charge in [0.05, 0.1) is 11.8 Å². The summed E-state index contributed by atoms with van der Waals surface area (Å²) in [6, 6.07) is 7.67. The van der Waals surface area contributed by atoms with Crippen LogP contribution in [-0.4, -0.2) is 19.5 Å². The number of hydrogen-bond donors (Lipinski definition) is 1. The minimum absolute atomic E-state index is 0.0176. The predicted octanol–water partition coefficient (Wildman–Crippen LogP) is 1.75. The summed E-state index contributed by atoms with van der Waals surface area (Å²) in [5.74, 6) is 0. The third-order valence-corrected chi connectivity index (χ3v) is 3.09. The van der Waals surface area contributed by atoms with E-state index in [2.05, 4.69) is 15.0 Å². The van der Waals surface area contributed by atoms with Crippen molar-refractivity contribution in [2.24, 2.45) is 0 Å². The normalized spacial score (nSPS) is 10.9. The van der Waals surface area contributed by atoms with Crippen LogP contribution in [0.15, 0.2) is 47.8 Å². The minimum atomic E-state index is -0.0176. The fourth-order valence-electron chi connectivity index (χ4n) is 2.10. The number of aromatic nitrogens is 4. The van der Waals surface area contributed by atoms with Crippen LogP contribution >= 0.6 is 0 Å². The molecule has 0 saturated carbocycles. The number of nitrogens with one attached hydrogen (secondary N) is 1. The maximum absolute atomic E-state index is 12.1. The van der Waals surface area contributed by atoms with Crippen LogP contribution in [0.3, 0.4) is 0 Å². The maximum atomic E-state index is 12.1. The molecule has 0 amide bonds. The fraction of sp³-hybridized carbons (Fsp3) is 0.214. The Kier molecular flexibility index (Phi) is 3.10. The molecule has 96 valence electrons. The molecule has 0 aliphatic carbocycles. The second-order valence-electron chi connectivity index (χ2n) is 4.41. The summed E-state index contributed by atoms with van der Waals surface area (Å²) in [5.41, 5.74) is 2.31. The molecular weight excluding hydrogens is 240 g/mol. The summed E-state index contributed by atoms with van der Waals surface area (Å²) in [4.78, 5) is 23.5. The first-order chi connectivity index (χ1) is 9.34. The zero-order valence-corrected chi connectivity index (χ0v) is 10.4. The van der Waals surface area contributed by atoms with Gasteiger partial charge >= 0.3 is 0 Å². The first-order valence-corrected chi connectivity index (χ1v) is 6.27. The fourth-order valence-corrected chi connectivity index (χ4v) is 2.10. The quantitative estimate of drug-likeness (QED) is 0.771. The van der Waals surface area contributed by atoms with Gasteiger partial charge < -0.3 is 4.98 Å². The molecule has 1 N–H and O–H groups in total. The van der Waals surface area contributed by atoms with Gasteiger partial charge in [0.15, 0.2) is 0 Å². The van der Waals surface area contributed by atoms with Gasteiger partial charge in [-0.3, -0.25) is 14.3 Å². The van der Waals surface area contributed by atoms with Gasteiger partial charge in [0.2, 0.25) is 0 Å². The van der Waals surface area contributed by atoms with Crippen molar-refractivity contribution >= 4 is 11.0 Å². The number of aromatic amines is 1. The van der Waals surface area contributed by atoms with Crippen LogP contribution in [-0.2, 0) is 13.0 Å². The molecule has 0 fully saturated rings. The van der Waals surface area contributed by atoms with E-state index < -0.39 is 0 Å². The lowest BCUT2D eigenvalue weighted by Crippen LogP contribution is -2.21. The van der Waals surface area contributed by atoms with Gasteiger partial charge in [0.25, 0.3) is 5.56 Å². The molecule has 0 aromatic carbocycles. The van der Waals surface area contributed by atoms with Crippen molar-refractivity contribution in [1.29, 1.82) is 0 Å². The van der Waals surface area contributed by atoms with Crippen molar-refractivity contribution in [2.75, 3.05) is 0 Å². The molecule has 0 aliphatic rings. The molecule has 5 heteroatoms. The summed E-state index contributed by atoms with van der Waals surface area (Å²) in [5, 5.41) is 0. The van der Waals surface area contributed by atoms with Gasteiger partial charge in [0, 0.05) is 24.6 Å². The van der Waals surface area contributed by atoms with Crippen LogP contribution in [0, 0.1) is 0 Å². The Bertz CT molecular complexity index is 730. The van der Waals surface area contributed by atoms with E-state index in [0.29, 0.717) is 17.6 Å². The first-order valence-electron chi connectivity index (χ1n) is 6.27. The molecule has 0 bridgehead atoms. The molecule has 0 aliphatic heterocycles. The number of nitrogens with zero attached hydrogens (tertiary/aromatic N) is 3. The van der Waals surface area contributed by atoms with Crippen LogP contribution in [0.5, 0.6) is 0 Å². The highest BCUT2D eigenvalue weighted by atomic mass is 16.1. The lowest BCUT2D eigenvalue weighted by Gasteiger charge is -2.04. The van der Waals surface area contributed by atoms with E-state index in [4.69, 9.17) is 0 Å². The van der Waals surface area contributed by atoms with Crippen LogP contribution in [0.4, 0.5) is 0 Å². The number of rotatable bonds is 4. The van der Waals surface area contributed by atoms with Crippen LogP contribution < -0.4 is 5.56 Å². The SMILES string of the molecule is O=c1c2[nH]ccc2ncn1CCCc1ccccn1. The van der Waals surface area contributed by atoms with Gasteiger partial charge in [-0.25, -0.2) is 4.98 Å². The van der Waals surface area contributed by atoms with Gasteiger partial charge in [-0.05, 0) is 31.0 Å². The first kappa shape index (κ1) is 11.6. The number of aryl methyl sites for hydroxylation is 2. The van der Waals surface area contributed by atoms with Crippen molar-refractivity contribution in [3.8, 4) is 0 Å². The Morgan fingerprint density at radius 3 is 3.00 bits per heavy atom. The summed E-state index contributed by atoms with van der Waals surface area (Å²) in [6.45, 7) is 0.650. The second kappa shape index (κ2) is 5.06. The number of pyridine rings is 1. The van der Waals surface area contributed by atoms with E-state index in [1.807, 2.05) is 18.2 Å². The van der Waals surface area contributed by atoms with Gasteiger partial charge in [-0.1, -0.05) is 6.07 Å². The van der Waals surface area contributed by atoms with E-state index in [-0.39, 0.29) is 5.56 Å². The molecule has 0 saturated heterocycles. The van der Waals surface area contributed by atoms with E-state index in [1.165, 1.54) is 0 Å². The highest BCUT2D eigenvalue weighted by Crippen LogP contribution is 2.04. The number of fused-ring (bicyclic) bond motifs is 1. The number of H-pyrrole nitrogens is 1. The summed E-state index contributed by atoms with van der Waals surface area (Å²) >= 11 is 0. The third kappa shape index (κ3) is 2.40. The van der Waals surface area contributed by atoms with Crippen molar-refractivity contribution in [3.63, 3.8) is 0 Å². The molecule has 0 atom stereocenters. The largest absolute Gasteiger partial charge is 0.355 e. The standard InChI is InChI=1S/C14H14N4O/c19-14-13-12(6-8-16-13)17-10-18(14)9-3-5-11-4-1-2-7-15-11/h1-2,4,6-8,10,16H,3,5,9H2. The van der Waals surface area contributed by atoms with E-state index >= 15 is 0 Å². The van der Waals surface area contributed by atoms with Gasteiger partial charge in [-0.2, -0.15) is 0 Å². The molecule has 0 radical (unpaired) electrons. The Hall–Kier alpha value is -2.43. The molecular formula is C14H14N4O. The maximum Gasteiger partial charge on any atom is 0.277 e. The Labute approximate surface area is 110 Å². The third-order valence-electron chi connectivity index (χ3n) is 3.09. The van der Waals surface area contributed by atoms with E-state index in [0.717, 1.165) is 18.5 Å². The smallest absolute Gasteiger partial charge is 0.277 e. The highest BCUT2D eigenvalue weighted by Gasteiger charge is 2.04. The minimum Gasteiger partial charge on any atom is -0.355 e. The van der Waals surface area contributed by atoms with E-state index in [1.54, 1.807) is 29.4 Å². The van der Waals surface area contributed by atoms with Gasteiger partial charge in [-0.15, -0.1) is 0 Å². The monoisotopic (exact) mass is 254 g/mol. The Balaban J connectivity index is 1.72. The molecule has 19 heavy (non-hydrogen) atoms. The zero-order valence-electron chi connectivity index (χ0n) is 10.4. The molecule has 3 heterocycles. The molecule has 5 nitrogen and oxygen atoms in total. The van der Waals surface area contributed by atoms with Crippen LogP contribution in [0.2, 0.25) is 0 Å². The van der Waals surface area contributed by atoms with Crippen LogP contribution in [0.1, 0.15) is 12.1 Å².